The molecule has 1 aromatic carbocycles. The van der Waals surface area contributed by atoms with Crippen LogP contribution in [0.1, 0.15) is 32.1 Å². The lowest BCUT2D eigenvalue weighted by Crippen LogP contribution is -2.38. The van der Waals surface area contributed by atoms with Gasteiger partial charge in [0, 0.05) is 11.5 Å². The van der Waals surface area contributed by atoms with E-state index in [1.807, 2.05) is 12.1 Å². The van der Waals surface area contributed by atoms with E-state index in [0.29, 0.717) is 5.69 Å². The highest BCUT2D eigenvalue weighted by atomic mass is 79.9. The van der Waals surface area contributed by atoms with E-state index in [1.165, 1.54) is 11.9 Å². The van der Waals surface area contributed by atoms with E-state index < -0.39 is 5.91 Å². The topological polar surface area (TPSA) is 75.7 Å². The zero-order valence-electron chi connectivity index (χ0n) is 14.3. The molecule has 0 unspecified atom stereocenters. The molecule has 0 radical (unpaired) electrons. The molecule has 0 spiro atoms. The van der Waals surface area contributed by atoms with Crippen molar-refractivity contribution in [3.8, 4) is 0 Å². The van der Waals surface area contributed by atoms with Crippen LogP contribution in [0.4, 0.5) is 5.69 Å². The van der Waals surface area contributed by atoms with E-state index >= 15 is 0 Å². The number of likely N-dealkylation sites (N-methyl/N-ethyl adjacent to an activating group) is 1. The third kappa shape index (κ3) is 6.16. The molecule has 136 valence electrons. The Bertz CT molecular complexity index is 629. The average molecular weight is 411 g/mol. The van der Waals surface area contributed by atoms with Crippen LogP contribution >= 0.6 is 15.9 Å². The Kier molecular flexibility index (Phi) is 7.43. The van der Waals surface area contributed by atoms with Crippen LogP contribution in [0.25, 0.3) is 0 Å². The highest BCUT2D eigenvalue weighted by Crippen LogP contribution is 2.24. The van der Waals surface area contributed by atoms with Gasteiger partial charge in [-0.3, -0.25) is 14.4 Å². The molecule has 1 saturated carbocycles. The second-order valence-electron chi connectivity index (χ2n) is 6.22. The number of rotatable bonds is 6. The Labute approximate surface area is 156 Å². The smallest absolute Gasteiger partial charge is 0.309 e. The number of ether oxygens (including phenoxy) is 1. The molecule has 0 heterocycles. The van der Waals surface area contributed by atoms with Gasteiger partial charge in [0.25, 0.3) is 5.91 Å². The summed E-state index contributed by atoms with van der Waals surface area (Å²) in [6.45, 7) is -0.435. The van der Waals surface area contributed by atoms with Crippen molar-refractivity contribution in [2.45, 2.75) is 32.1 Å². The lowest BCUT2D eigenvalue weighted by molar-refractivity contribution is -0.156. The van der Waals surface area contributed by atoms with Gasteiger partial charge in [0.2, 0.25) is 5.91 Å². The second kappa shape index (κ2) is 9.56. The van der Waals surface area contributed by atoms with Crippen molar-refractivity contribution < 1.29 is 19.1 Å². The number of nitrogens with one attached hydrogen (secondary N) is 1. The van der Waals surface area contributed by atoms with E-state index in [-0.39, 0.29) is 30.9 Å². The molecule has 0 aromatic heterocycles. The number of para-hydroxylation sites is 1. The number of anilines is 1. The molecule has 0 saturated heterocycles. The summed E-state index contributed by atoms with van der Waals surface area (Å²) in [4.78, 5) is 37.3. The van der Waals surface area contributed by atoms with Crippen LogP contribution in [0.2, 0.25) is 0 Å². The summed E-state index contributed by atoms with van der Waals surface area (Å²) in [6, 6.07) is 7.22. The number of esters is 1. The quantitative estimate of drug-likeness (QED) is 0.731. The third-order valence-electron chi connectivity index (χ3n) is 4.23. The van der Waals surface area contributed by atoms with Gasteiger partial charge in [0.1, 0.15) is 0 Å². The summed E-state index contributed by atoms with van der Waals surface area (Å²) >= 11 is 3.35. The van der Waals surface area contributed by atoms with Crippen LogP contribution in [0.3, 0.4) is 0 Å². The minimum Gasteiger partial charge on any atom is -0.455 e. The fraction of sp³-hybridized carbons (Fsp3) is 0.500. The van der Waals surface area contributed by atoms with Gasteiger partial charge in [-0.2, -0.15) is 0 Å². The summed E-state index contributed by atoms with van der Waals surface area (Å²) in [7, 11) is 1.51. The Balaban J connectivity index is 1.74. The normalized spacial score (nSPS) is 14.6. The van der Waals surface area contributed by atoms with Gasteiger partial charge in [-0.05, 0) is 40.9 Å². The first-order valence-electron chi connectivity index (χ1n) is 8.42. The maximum absolute atomic E-state index is 12.0. The number of hydrogen-bond acceptors (Lipinski definition) is 4. The summed E-state index contributed by atoms with van der Waals surface area (Å²) in [5.41, 5.74) is 0.636. The Morgan fingerprint density at radius 3 is 2.56 bits per heavy atom. The Hall–Kier alpha value is -1.89. The maximum atomic E-state index is 12.0. The fourth-order valence-corrected chi connectivity index (χ4v) is 3.14. The summed E-state index contributed by atoms with van der Waals surface area (Å²) in [5, 5.41) is 2.73. The first-order chi connectivity index (χ1) is 12.0. The molecule has 1 fully saturated rings. The number of hydrogen-bond donors (Lipinski definition) is 1. The number of amides is 2. The van der Waals surface area contributed by atoms with Gasteiger partial charge >= 0.3 is 5.97 Å². The van der Waals surface area contributed by atoms with Crippen molar-refractivity contribution in [3.05, 3.63) is 28.7 Å². The predicted octanol–water partition coefficient (Wildman–Crippen LogP) is 2.97. The largest absolute Gasteiger partial charge is 0.455 e. The van der Waals surface area contributed by atoms with E-state index in [2.05, 4.69) is 21.2 Å². The monoisotopic (exact) mass is 410 g/mol. The molecular formula is C18H23BrN2O4. The molecule has 1 aliphatic carbocycles. The van der Waals surface area contributed by atoms with Crippen LogP contribution in [0.15, 0.2) is 28.7 Å². The Morgan fingerprint density at radius 1 is 1.20 bits per heavy atom. The number of benzene rings is 1. The molecule has 2 amide bonds. The summed E-state index contributed by atoms with van der Waals surface area (Å²) in [5.74, 6) is -1.11. The van der Waals surface area contributed by atoms with Crippen LogP contribution in [-0.2, 0) is 19.1 Å². The number of carbonyl (C=O) groups is 3. The highest BCUT2D eigenvalue weighted by molar-refractivity contribution is 9.10. The predicted molar refractivity (Wildman–Crippen MR) is 97.9 cm³/mol. The molecule has 0 aliphatic heterocycles. The third-order valence-corrected chi connectivity index (χ3v) is 4.92. The molecule has 1 N–H and O–H groups in total. The van der Waals surface area contributed by atoms with E-state index in [9.17, 15) is 14.4 Å². The zero-order chi connectivity index (χ0) is 18.2. The van der Waals surface area contributed by atoms with Crippen LogP contribution in [-0.4, -0.2) is 42.9 Å². The molecule has 1 aliphatic rings. The molecular weight excluding hydrogens is 388 g/mol. The molecule has 0 bridgehead atoms. The SMILES string of the molecule is CN(CC(=O)Nc1ccccc1Br)C(=O)COC(=O)C1CCCCC1. The average Bonchev–Trinajstić information content (AvgIpc) is 2.62. The van der Waals surface area contributed by atoms with Crippen LogP contribution in [0.5, 0.6) is 0 Å². The van der Waals surface area contributed by atoms with Crippen molar-refractivity contribution in [3.63, 3.8) is 0 Å². The highest BCUT2D eigenvalue weighted by Gasteiger charge is 2.24. The molecule has 0 atom stereocenters. The van der Waals surface area contributed by atoms with Crippen LogP contribution in [0, 0.1) is 5.92 Å². The molecule has 6 nitrogen and oxygen atoms in total. The van der Waals surface area contributed by atoms with Gasteiger partial charge in [0.05, 0.1) is 18.2 Å². The van der Waals surface area contributed by atoms with E-state index in [4.69, 9.17) is 4.74 Å². The van der Waals surface area contributed by atoms with Crippen molar-refractivity contribution in [2.24, 2.45) is 5.92 Å². The molecule has 7 heteroatoms. The van der Waals surface area contributed by atoms with Gasteiger partial charge in [0.15, 0.2) is 6.61 Å². The molecule has 1 aromatic rings. The van der Waals surface area contributed by atoms with Crippen molar-refractivity contribution in [1.29, 1.82) is 0 Å². The van der Waals surface area contributed by atoms with E-state index in [1.54, 1.807) is 12.1 Å². The van der Waals surface area contributed by atoms with E-state index in [0.717, 1.165) is 36.6 Å². The number of halogens is 1. The number of carbonyl (C=O) groups excluding carboxylic acids is 3. The van der Waals surface area contributed by atoms with Crippen molar-refractivity contribution in [1.82, 2.24) is 4.90 Å². The van der Waals surface area contributed by atoms with Gasteiger partial charge in [-0.25, -0.2) is 0 Å². The molecule has 2 rings (SSSR count). The van der Waals surface area contributed by atoms with Crippen LogP contribution < -0.4 is 5.32 Å². The van der Waals surface area contributed by atoms with Crippen molar-refractivity contribution >= 4 is 39.4 Å². The minimum atomic E-state index is -0.397. The molecule has 25 heavy (non-hydrogen) atoms. The summed E-state index contributed by atoms with van der Waals surface area (Å²) < 4.78 is 5.88. The Morgan fingerprint density at radius 2 is 1.88 bits per heavy atom. The number of nitrogens with zero attached hydrogens (tertiary/aromatic N) is 1. The first-order valence-corrected chi connectivity index (χ1v) is 9.21. The minimum absolute atomic E-state index is 0.0921. The lowest BCUT2D eigenvalue weighted by atomic mass is 9.89. The second-order valence-corrected chi connectivity index (χ2v) is 7.07. The first kappa shape index (κ1) is 19.4. The van der Waals surface area contributed by atoms with Gasteiger partial charge in [-0.1, -0.05) is 31.4 Å². The van der Waals surface area contributed by atoms with Gasteiger partial charge in [-0.15, -0.1) is 0 Å². The fourth-order valence-electron chi connectivity index (χ4n) is 2.76. The lowest BCUT2D eigenvalue weighted by Gasteiger charge is -2.21. The van der Waals surface area contributed by atoms with Gasteiger partial charge < -0.3 is 15.0 Å². The standard InChI is InChI=1S/C18H23BrN2O4/c1-21(11-16(22)20-15-10-6-5-9-14(15)19)17(23)12-25-18(24)13-7-3-2-4-8-13/h5-6,9-10,13H,2-4,7-8,11-12H2,1H3,(H,20,22). The van der Waals surface area contributed by atoms with Crippen molar-refractivity contribution in [2.75, 3.05) is 25.5 Å². The summed E-state index contributed by atoms with van der Waals surface area (Å²) in [6.07, 6.45) is 4.87. The zero-order valence-corrected chi connectivity index (χ0v) is 15.9. The maximum Gasteiger partial charge on any atom is 0.309 e.